The monoisotopic (exact) mass is 683 g/mol. The van der Waals surface area contributed by atoms with Crippen molar-refractivity contribution >= 4 is 17.0 Å². The second-order valence-corrected chi connectivity index (χ2v) is 19.7. The van der Waals surface area contributed by atoms with Crippen molar-refractivity contribution in [1.82, 2.24) is 5.32 Å². The van der Waals surface area contributed by atoms with Crippen molar-refractivity contribution in [2.75, 3.05) is 12.8 Å². The van der Waals surface area contributed by atoms with Gasteiger partial charge in [0.2, 0.25) is 0 Å². The number of allylic oxidation sites excluding steroid dienone is 4. The lowest BCUT2D eigenvalue weighted by molar-refractivity contribution is -0.212. The van der Waals surface area contributed by atoms with E-state index < -0.39 is 22.7 Å². The maximum absolute atomic E-state index is 11.6. The van der Waals surface area contributed by atoms with Crippen LogP contribution in [0.3, 0.4) is 0 Å². The first kappa shape index (κ1) is 35.4. The number of carboxylic acid groups (broad SMARTS) is 1. The van der Waals surface area contributed by atoms with Crippen molar-refractivity contribution in [1.29, 1.82) is 0 Å². The van der Waals surface area contributed by atoms with Gasteiger partial charge in [-0.3, -0.25) is 8.98 Å². The van der Waals surface area contributed by atoms with E-state index in [1.807, 2.05) is 0 Å². The molecule has 0 amide bonds. The number of aliphatic hydroxyl groups is 1. The number of rotatable bonds is 8. The van der Waals surface area contributed by atoms with E-state index in [4.69, 9.17) is 4.18 Å². The predicted molar refractivity (Wildman–Crippen MR) is 192 cm³/mol. The fourth-order valence-corrected chi connectivity index (χ4v) is 14.6. The van der Waals surface area contributed by atoms with Crippen LogP contribution in [-0.4, -0.2) is 50.4 Å². The Morgan fingerprint density at radius 1 is 0.917 bits per heavy atom. The standard InChI is InChI=1S/C41H65NO5S/c1-27-31(28-8-10-29(11-9-28)36(43)44)16-19-37(2)32(27)17-20-39(4)35(37)13-12-33-34-7-6-18-41(34,24-23-38(33,39)3)42-26-25-40(45)21-14-30(15-22-40)47-48(5)46/h8,16,27,29-30,32-35,42,45H,6-7,9-15,17-26H2,1-5H3,(H,43,44)/t27?,29?,30?,32?,33?,34?,35?,37?,38-,39?,40?,41?,48?/m1/s1. The molecule has 0 saturated heterocycles. The van der Waals surface area contributed by atoms with Crippen LogP contribution in [0.2, 0.25) is 0 Å². The van der Waals surface area contributed by atoms with Gasteiger partial charge in [0.25, 0.3) is 0 Å². The lowest BCUT2D eigenvalue weighted by Gasteiger charge is -2.71. The third-order valence-corrected chi connectivity index (χ3v) is 17.4. The largest absolute Gasteiger partial charge is 0.481 e. The molecular weight excluding hydrogens is 619 g/mol. The predicted octanol–water partition coefficient (Wildman–Crippen LogP) is 8.52. The molecule has 5 fully saturated rings. The van der Waals surface area contributed by atoms with Crippen molar-refractivity contribution in [2.24, 2.45) is 51.8 Å². The average molecular weight is 684 g/mol. The van der Waals surface area contributed by atoms with Gasteiger partial charge in [-0.1, -0.05) is 46.3 Å². The molecule has 7 aliphatic rings. The number of hydrogen-bond acceptors (Lipinski definition) is 5. The first-order valence-electron chi connectivity index (χ1n) is 19.8. The Bertz CT molecular complexity index is 1340. The highest BCUT2D eigenvalue weighted by Gasteiger charge is 2.68. The SMILES string of the molecule is CC1C(C2=CCC(C(=O)O)CC2)=CCC2(C)C1CCC1(C)C2CCC2C3CCCC3(NCCC3(O)CCC(OS(C)=O)CC3)CC[C@]21C. The molecule has 0 aromatic rings. The molecule has 270 valence electrons. The van der Waals surface area contributed by atoms with E-state index in [0.717, 1.165) is 69.2 Å². The molecule has 6 nitrogen and oxygen atoms in total. The molecular formula is C41H65NO5S. The second-order valence-electron chi connectivity index (χ2n) is 18.7. The Labute approximate surface area is 293 Å². The van der Waals surface area contributed by atoms with Crippen molar-refractivity contribution in [3.8, 4) is 0 Å². The summed E-state index contributed by atoms with van der Waals surface area (Å²) in [6.45, 7) is 11.5. The third-order valence-electron chi connectivity index (χ3n) is 16.9. The zero-order valence-electron chi connectivity index (χ0n) is 30.7. The summed E-state index contributed by atoms with van der Waals surface area (Å²) in [4.78, 5) is 11.6. The van der Waals surface area contributed by atoms with Crippen LogP contribution in [0.15, 0.2) is 23.3 Å². The highest BCUT2D eigenvalue weighted by Crippen LogP contribution is 2.75. The van der Waals surface area contributed by atoms with Crippen molar-refractivity contribution < 1.29 is 23.4 Å². The minimum atomic E-state index is -1.24. The number of nitrogens with one attached hydrogen (secondary N) is 1. The lowest BCUT2D eigenvalue weighted by Crippen LogP contribution is -2.67. The van der Waals surface area contributed by atoms with Gasteiger partial charge in [-0.05, 0) is 173 Å². The molecule has 7 aliphatic carbocycles. The summed E-state index contributed by atoms with van der Waals surface area (Å²) < 4.78 is 17.1. The van der Waals surface area contributed by atoms with E-state index in [2.05, 4.69) is 45.2 Å². The highest BCUT2D eigenvalue weighted by atomic mass is 32.2. The van der Waals surface area contributed by atoms with Crippen LogP contribution in [0.25, 0.3) is 0 Å². The van der Waals surface area contributed by atoms with Gasteiger partial charge in [-0.2, -0.15) is 0 Å². The zero-order valence-corrected chi connectivity index (χ0v) is 31.5. The minimum absolute atomic E-state index is 0.0180. The molecule has 0 aromatic heterocycles. The first-order chi connectivity index (χ1) is 22.7. The summed E-state index contributed by atoms with van der Waals surface area (Å²) in [6, 6.07) is 0. The first-order valence-corrected chi connectivity index (χ1v) is 21.3. The van der Waals surface area contributed by atoms with Crippen LogP contribution >= 0.6 is 0 Å². The molecule has 10 unspecified atom stereocenters. The Hall–Kier alpha value is -1.02. The molecule has 0 aromatic carbocycles. The van der Waals surface area contributed by atoms with Crippen molar-refractivity contribution in [3.63, 3.8) is 0 Å². The summed E-state index contributed by atoms with van der Waals surface area (Å²) in [5.74, 6) is 2.68. The minimum Gasteiger partial charge on any atom is -0.481 e. The molecule has 0 radical (unpaired) electrons. The average Bonchev–Trinajstić information content (AvgIpc) is 3.47. The number of hydrogen-bond donors (Lipinski definition) is 3. The molecule has 11 atom stereocenters. The molecule has 0 bridgehead atoms. The van der Waals surface area contributed by atoms with Gasteiger partial charge in [0.15, 0.2) is 11.1 Å². The molecule has 48 heavy (non-hydrogen) atoms. The van der Waals surface area contributed by atoms with Crippen molar-refractivity contribution in [3.05, 3.63) is 23.3 Å². The molecule has 0 heterocycles. The Morgan fingerprint density at radius 2 is 1.69 bits per heavy atom. The van der Waals surface area contributed by atoms with Gasteiger partial charge in [0, 0.05) is 11.8 Å². The third kappa shape index (κ3) is 5.75. The Kier molecular flexibility index (Phi) is 9.50. The van der Waals surface area contributed by atoms with Crippen LogP contribution in [0, 0.1) is 51.8 Å². The summed E-state index contributed by atoms with van der Waals surface area (Å²) in [6.07, 6.45) is 25.9. The van der Waals surface area contributed by atoms with E-state index in [-0.39, 0.29) is 17.6 Å². The highest BCUT2D eigenvalue weighted by molar-refractivity contribution is 7.79. The smallest absolute Gasteiger partial charge is 0.306 e. The quantitative estimate of drug-likeness (QED) is 0.238. The normalized spacial score (nSPS) is 49.4. The van der Waals surface area contributed by atoms with Crippen LogP contribution in [-0.2, 0) is 20.1 Å². The molecule has 3 N–H and O–H groups in total. The zero-order chi connectivity index (χ0) is 34.1. The fourth-order valence-electron chi connectivity index (χ4n) is 14.1. The molecule has 7 heteroatoms. The topological polar surface area (TPSA) is 95.9 Å². The summed E-state index contributed by atoms with van der Waals surface area (Å²) in [7, 11) is 0. The van der Waals surface area contributed by atoms with Gasteiger partial charge in [0.05, 0.1) is 17.6 Å². The van der Waals surface area contributed by atoms with E-state index in [0.29, 0.717) is 34.5 Å². The maximum Gasteiger partial charge on any atom is 0.306 e. The summed E-state index contributed by atoms with van der Waals surface area (Å²) in [5.41, 5.74) is 3.66. The molecule has 0 aliphatic heterocycles. The molecule has 7 rings (SSSR count). The summed E-state index contributed by atoms with van der Waals surface area (Å²) in [5, 5.41) is 25.1. The van der Waals surface area contributed by atoms with Gasteiger partial charge in [0.1, 0.15) is 0 Å². The van der Waals surface area contributed by atoms with Crippen LogP contribution in [0.1, 0.15) is 143 Å². The van der Waals surface area contributed by atoms with Gasteiger partial charge < -0.3 is 15.5 Å². The second kappa shape index (κ2) is 12.9. The fraction of sp³-hybridized carbons (Fsp3) is 0.878. The number of carbonyl (C=O) groups is 1. The van der Waals surface area contributed by atoms with E-state index in [1.165, 1.54) is 69.8 Å². The van der Waals surface area contributed by atoms with Gasteiger partial charge in [-0.15, -0.1) is 0 Å². The van der Waals surface area contributed by atoms with E-state index in [1.54, 1.807) is 11.8 Å². The van der Waals surface area contributed by atoms with Crippen molar-refractivity contribution in [2.45, 2.75) is 161 Å². The van der Waals surface area contributed by atoms with Crippen LogP contribution in [0.4, 0.5) is 0 Å². The lowest BCUT2D eigenvalue weighted by atomic mass is 9.34. The number of carboxylic acids is 1. The van der Waals surface area contributed by atoms with Gasteiger partial charge >= 0.3 is 5.97 Å². The number of fused-ring (bicyclic) bond motifs is 7. The Balaban J connectivity index is 1.04. The Morgan fingerprint density at radius 3 is 2.38 bits per heavy atom. The molecule has 5 saturated carbocycles. The summed E-state index contributed by atoms with van der Waals surface area (Å²) >= 11 is -1.24. The van der Waals surface area contributed by atoms with Crippen LogP contribution in [0.5, 0.6) is 0 Å². The number of aliphatic carboxylic acids is 1. The molecule has 0 spiro atoms. The van der Waals surface area contributed by atoms with E-state index in [9.17, 15) is 19.2 Å². The van der Waals surface area contributed by atoms with Gasteiger partial charge in [-0.25, -0.2) is 4.21 Å². The van der Waals surface area contributed by atoms with E-state index >= 15 is 0 Å². The van der Waals surface area contributed by atoms with Crippen LogP contribution < -0.4 is 5.32 Å². The maximum atomic E-state index is 11.6.